The Labute approximate surface area is 99.4 Å². The van der Waals surface area contributed by atoms with Crippen LogP contribution in [0.4, 0.5) is 11.7 Å². The van der Waals surface area contributed by atoms with Gasteiger partial charge in [-0.2, -0.15) is 10.2 Å². The van der Waals surface area contributed by atoms with E-state index in [1.54, 1.807) is 6.07 Å². The molecule has 0 radical (unpaired) electrons. The van der Waals surface area contributed by atoms with Crippen molar-refractivity contribution in [1.29, 1.82) is 5.26 Å². The molecule has 0 saturated carbocycles. The number of hydrogen-bond acceptors (Lipinski definition) is 5. The van der Waals surface area contributed by atoms with E-state index in [0.717, 1.165) is 6.54 Å². The van der Waals surface area contributed by atoms with Gasteiger partial charge in [-0.25, -0.2) is 0 Å². The second kappa shape index (κ2) is 4.74. The summed E-state index contributed by atoms with van der Waals surface area (Å²) in [6.45, 7) is 3.35. The van der Waals surface area contributed by atoms with Gasteiger partial charge in [0.2, 0.25) is 0 Å². The fourth-order valence-electron chi connectivity index (χ4n) is 1.67. The molecule has 1 aromatic carbocycles. The summed E-state index contributed by atoms with van der Waals surface area (Å²) in [6, 6.07) is 8.09. The lowest BCUT2D eigenvalue weighted by atomic mass is 10.3. The molecule has 88 valence electrons. The Kier molecular flexibility index (Phi) is 3.15. The lowest BCUT2D eigenvalue weighted by Gasteiger charge is -2.15. The number of nitriles is 1. The SMILES string of the molecule is CCN(CCC#N)c1nc2c(N)cccc2o1. The molecule has 0 bridgehead atoms. The summed E-state index contributed by atoms with van der Waals surface area (Å²) in [5.74, 6) is 0. The van der Waals surface area contributed by atoms with Gasteiger partial charge in [-0.15, -0.1) is 0 Å². The number of fused-ring (bicyclic) bond motifs is 1. The molecule has 0 fully saturated rings. The molecule has 0 aliphatic carbocycles. The van der Waals surface area contributed by atoms with Gasteiger partial charge in [0, 0.05) is 13.1 Å². The second-order valence-electron chi connectivity index (χ2n) is 3.68. The van der Waals surface area contributed by atoms with Crippen LogP contribution in [0.1, 0.15) is 13.3 Å². The maximum Gasteiger partial charge on any atom is 0.298 e. The van der Waals surface area contributed by atoms with Crippen LogP contribution in [-0.4, -0.2) is 18.1 Å². The zero-order chi connectivity index (χ0) is 12.3. The first kappa shape index (κ1) is 11.3. The number of nitrogens with two attached hydrogens (primary N) is 1. The van der Waals surface area contributed by atoms with Crippen molar-refractivity contribution in [3.05, 3.63) is 18.2 Å². The van der Waals surface area contributed by atoms with Crippen LogP contribution in [0.15, 0.2) is 22.6 Å². The number of rotatable bonds is 4. The van der Waals surface area contributed by atoms with Gasteiger partial charge in [0.25, 0.3) is 6.01 Å². The zero-order valence-corrected chi connectivity index (χ0v) is 9.68. The predicted octanol–water partition coefficient (Wildman–Crippen LogP) is 2.15. The molecule has 0 aliphatic heterocycles. The predicted molar refractivity (Wildman–Crippen MR) is 66.5 cm³/mol. The number of nitrogen functional groups attached to an aromatic ring is 1. The number of hydrogen-bond donors (Lipinski definition) is 1. The fourth-order valence-corrected chi connectivity index (χ4v) is 1.67. The molecule has 1 heterocycles. The molecular weight excluding hydrogens is 216 g/mol. The van der Waals surface area contributed by atoms with Crippen molar-refractivity contribution in [2.45, 2.75) is 13.3 Å². The van der Waals surface area contributed by atoms with Gasteiger partial charge in [0.15, 0.2) is 5.58 Å². The Morgan fingerprint density at radius 3 is 3.00 bits per heavy atom. The van der Waals surface area contributed by atoms with Crippen LogP contribution in [0.2, 0.25) is 0 Å². The van der Waals surface area contributed by atoms with E-state index in [9.17, 15) is 0 Å². The van der Waals surface area contributed by atoms with Gasteiger partial charge < -0.3 is 15.1 Å². The monoisotopic (exact) mass is 230 g/mol. The third kappa shape index (κ3) is 2.16. The minimum Gasteiger partial charge on any atom is -0.423 e. The van der Waals surface area contributed by atoms with Crippen molar-refractivity contribution in [2.75, 3.05) is 23.7 Å². The van der Waals surface area contributed by atoms with E-state index in [-0.39, 0.29) is 0 Å². The smallest absolute Gasteiger partial charge is 0.298 e. The number of nitrogens with zero attached hydrogens (tertiary/aromatic N) is 3. The number of anilines is 2. The van der Waals surface area contributed by atoms with Gasteiger partial charge in [0.1, 0.15) is 5.52 Å². The van der Waals surface area contributed by atoms with Crippen LogP contribution in [0, 0.1) is 11.3 Å². The minimum atomic E-state index is 0.446. The van der Waals surface area contributed by atoms with Crippen LogP contribution in [0.3, 0.4) is 0 Å². The van der Waals surface area contributed by atoms with Crippen molar-refractivity contribution in [2.24, 2.45) is 0 Å². The molecule has 0 saturated heterocycles. The summed E-state index contributed by atoms with van der Waals surface area (Å²) >= 11 is 0. The van der Waals surface area contributed by atoms with E-state index in [1.807, 2.05) is 24.0 Å². The summed E-state index contributed by atoms with van der Waals surface area (Å²) in [5, 5.41) is 8.59. The highest BCUT2D eigenvalue weighted by Crippen LogP contribution is 2.25. The Bertz CT molecular complexity index is 555. The highest BCUT2D eigenvalue weighted by atomic mass is 16.4. The van der Waals surface area contributed by atoms with Crippen molar-refractivity contribution >= 4 is 22.8 Å². The summed E-state index contributed by atoms with van der Waals surface area (Å²) < 4.78 is 5.62. The first-order valence-corrected chi connectivity index (χ1v) is 5.53. The van der Waals surface area contributed by atoms with E-state index in [4.69, 9.17) is 15.4 Å². The van der Waals surface area contributed by atoms with Crippen LogP contribution in [-0.2, 0) is 0 Å². The first-order valence-electron chi connectivity index (χ1n) is 5.53. The molecule has 0 aliphatic rings. The van der Waals surface area contributed by atoms with Gasteiger partial charge in [-0.1, -0.05) is 6.07 Å². The molecule has 1 aromatic heterocycles. The highest BCUT2D eigenvalue weighted by Gasteiger charge is 2.13. The van der Waals surface area contributed by atoms with Crippen LogP contribution in [0.25, 0.3) is 11.1 Å². The zero-order valence-electron chi connectivity index (χ0n) is 9.68. The molecular formula is C12H14N4O. The summed E-state index contributed by atoms with van der Waals surface area (Å²) in [5.41, 5.74) is 7.78. The Balaban J connectivity index is 2.35. The lowest BCUT2D eigenvalue weighted by Crippen LogP contribution is -2.23. The Hall–Kier alpha value is -2.22. The minimum absolute atomic E-state index is 0.446. The number of aromatic nitrogens is 1. The molecule has 0 atom stereocenters. The topological polar surface area (TPSA) is 79.1 Å². The van der Waals surface area contributed by atoms with Gasteiger partial charge in [-0.3, -0.25) is 0 Å². The van der Waals surface area contributed by atoms with Crippen molar-refractivity contribution in [1.82, 2.24) is 4.98 Å². The second-order valence-corrected chi connectivity index (χ2v) is 3.68. The molecule has 2 aromatic rings. The van der Waals surface area contributed by atoms with Crippen molar-refractivity contribution in [3.63, 3.8) is 0 Å². The lowest BCUT2D eigenvalue weighted by molar-refractivity contribution is 0.572. The van der Waals surface area contributed by atoms with E-state index >= 15 is 0 Å². The van der Waals surface area contributed by atoms with E-state index in [0.29, 0.717) is 35.8 Å². The van der Waals surface area contributed by atoms with E-state index in [1.165, 1.54) is 0 Å². The molecule has 5 heteroatoms. The fraction of sp³-hybridized carbons (Fsp3) is 0.333. The summed E-state index contributed by atoms with van der Waals surface area (Å²) in [4.78, 5) is 6.28. The molecule has 2 rings (SSSR count). The average molecular weight is 230 g/mol. The van der Waals surface area contributed by atoms with Crippen molar-refractivity contribution < 1.29 is 4.42 Å². The molecule has 0 spiro atoms. The van der Waals surface area contributed by atoms with Gasteiger partial charge >= 0.3 is 0 Å². The molecule has 0 amide bonds. The van der Waals surface area contributed by atoms with Gasteiger partial charge in [-0.05, 0) is 19.1 Å². The third-order valence-corrected chi connectivity index (χ3v) is 2.58. The average Bonchev–Trinajstić information content (AvgIpc) is 2.75. The Morgan fingerprint density at radius 1 is 1.53 bits per heavy atom. The number of oxazole rings is 1. The first-order chi connectivity index (χ1) is 8.26. The van der Waals surface area contributed by atoms with Crippen molar-refractivity contribution in [3.8, 4) is 6.07 Å². The molecule has 2 N–H and O–H groups in total. The maximum absolute atomic E-state index is 8.59. The van der Waals surface area contributed by atoms with Crippen LogP contribution in [0.5, 0.6) is 0 Å². The molecule has 17 heavy (non-hydrogen) atoms. The normalized spacial score (nSPS) is 10.4. The maximum atomic E-state index is 8.59. The van der Waals surface area contributed by atoms with Crippen LogP contribution < -0.4 is 10.6 Å². The summed E-state index contributed by atoms with van der Waals surface area (Å²) in [7, 11) is 0. The molecule has 5 nitrogen and oxygen atoms in total. The largest absolute Gasteiger partial charge is 0.423 e. The number of para-hydroxylation sites is 1. The quantitative estimate of drug-likeness (QED) is 0.814. The Morgan fingerprint density at radius 2 is 2.35 bits per heavy atom. The van der Waals surface area contributed by atoms with Crippen LogP contribution >= 0.6 is 0 Å². The highest BCUT2D eigenvalue weighted by molar-refractivity contribution is 5.86. The standard InChI is InChI=1S/C12H14N4O/c1-2-16(8-4-7-13)12-15-11-9(14)5-3-6-10(11)17-12/h3,5-6H,2,4,8,14H2,1H3. The van der Waals surface area contributed by atoms with E-state index < -0.39 is 0 Å². The van der Waals surface area contributed by atoms with E-state index in [2.05, 4.69) is 11.1 Å². The third-order valence-electron chi connectivity index (χ3n) is 2.58. The molecule has 0 unspecified atom stereocenters. The summed E-state index contributed by atoms with van der Waals surface area (Å²) in [6.07, 6.45) is 0.446. The van der Waals surface area contributed by atoms with Gasteiger partial charge in [0.05, 0.1) is 18.2 Å². The number of benzene rings is 1.